The maximum Gasteiger partial charge on any atom is 0.273 e. The van der Waals surface area contributed by atoms with Crippen molar-refractivity contribution in [1.29, 1.82) is 0 Å². The monoisotopic (exact) mass is 987 g/mol. The first kappa shape index (κ1) is 48.9. The van der Waals surface area contributed by atoms with Gasteiger partial charge in [0.2, 0.25) is 0 Å². The molecule has 67 heavy (non-hydrogen) atoms. The van der Waals surface area contributed by atoms with E-state index in [9.17, 15) is 27.9 Å². The average molecular weight is 989 g/mol. The van der Waals surface area contributed by atoms with Crippen molar-refractivity contribution in [2.75, 3.05) is 90.0 Å². The number of pyridine rings is 1. The number of hydrogen-bond donors (Lipinski definition) is 2. The summed E-state index contributed by atoms with van der Waals surface area (Å²) in [4.78, 5) is 41.5. The molecule has 3 aliphatic rings. The van der Waals surface area contributed by atoms with Crippen LogP contribution in [0.15, 0.2) is 105 Å². The van der Waals surface area contributed by atoms with Crippen LogP contribution >= 0.6 is 30.5 Å². The Hall–Kier alpha value is -4.54. The number of nitro benzene ring substituents is 1. The zero-order valence-corrected chi connectivity index (χ0v) is 41.8. The second-order valence-corrected chi connectivity index (χ2v) is 25.8. The molecule has 0 bridgehead atoms. The average Bonchev–Trinajstić information content (AvgIpc) is 3.76. The van der Waals surface area contributed by atoms with E-state index in [2.05, 4.69) is 55.4 Å². The predicted octanol–water partition coefficient (Wildman–Crippen LogP) is 9.29. The quantitative estimate of drug-likeness (QED) is 0.0547. The molecule has 2 aliphatic heterocycles. The number of ether oxygens (including phenoxy) is 1. The summed E-state index contributed by atoms with van der Waals surface area (Å²) in [5, 5.41) is 14.0. The van der Waals surface area contributed by atoms with Gasteiger partial charge in [-0.3, -0.25) is 19.8 Å². The highest BCUT2D eigenvalue weighted by atomic mass is 35.5. The number of halogens is 1. The molecule has 2 N–H and O–H groups in total. The number of anilines is 1. The number of nitrogens with zero attached hydrogens (tertiary/aromatic N) is 5. The molecule has 0 radical (unpaired) electrons. The summed E-state index contributed by atoms with van der Waals surface area (Å²) in [7, 11) is -5.12. The Morgan fingerprint density at radius 2 is 1.76 bits per heavy atom. The number of carbonyl (C=O) groups is 1. The Morgan fingerprint density at radius 3 is 2.48 bits per heavy atom. The van der Waals surface area contributed by atoms with Crippen molar-refractivity contribution in [3.8, 4) is 0 Å². The zero-order chi connectivity index (χ0) is 47.5. The Bertz CT molecular complexity index is 2820. The third-order valence-electron chi connectivity index (χ3n) is 13.3. The number of allylic oxidation sites excluding steroid dienone is 1. The lowest BCUT2D eigenvalue weighted by molar-refractivity contribution is -0.385. The maximum atomic E-state index is 14.1. The minimum atomic E-state index is -4.56. The van der Waals surface area contributed by atoms with Gasteiger partial charge in [-0.2, -0.15) is 0 Å². The Balaban J connectivity index is 0.996. The third-order valence-corrected chi connectivity index (χ3v) is 18.2. The van der Waals surface area contributed by atoms with Crippen molar-refractivity contribution >= 4 is 74.4 Å². The molecule has 1 atom stereocenters. The highest BCUT2D eigenvalue weighted by molar-refractivity contribution is 7.99. The number of sulfonamides is 1. The van der Waals surface area contributed by atoms with Gasteiger partial charge in [-0.25, -0.2) is 18.1 Å². The van der Waals surface area contributed by atoms with Crippen LogP contribution in [0.4, 0.5) is 11.4 Å². The van der Waals surface area contributed by atoms with Gasteiger partial charge in [0, 0.05) is 122 Å². The molecule has 1 aliphatic carbocycles. The minimum Gasteiger partial charge on any atom is -0.384 e. The smallest absolute Gasteiger partial charge is 0.273 e. The van der Waals surface area contributed by atoms with E-state index in [1.54, 1.807) is 25.6 Å². The zero-order valence-electron chi connectivity index (χ0n) is 38.5. The maximum absolute atomic E-state index is 14.1. The first-order valence-corrected chi connectivity index (χ1v) is 27.9. The molecule has 18 heteroatoms. The Kier molecular flexibility index (Phi) is 15.0. The van der Waals surface area contributed by atoms with Crippen molar-refractivity contribution < 1.29 is 27.4 Å². The summed E-state index contributed by atoms with van der Waals surface area (Å²) in [6, 6.07) is 21.3. The Morgan fingerprint density at radius 1 is 1.01 bits per heavy atom. The molecule has 2 fully saturated rings. The summed E-state index contributed by atoms with van der Waals surface area (Å²) in [5.41, 5.74) is 6.12. The second kappa shape index (κ2) is 20.6. The van der Waals surface area contributed by atoms with Crippen LogP contribution in [0.1, 0.15) is 54.6 Å². The van der Waals surface area contributed by atoms with E-state index in [0.717, 1.165) is 84.7 Å². The van der Waals surface area contributed by atoms with Gasteiger partial charge in [0.1, 0.15) is 5.65 Å². The number of fused-ring (bicyclic) bond motifs is 1. The molecular weight excluding hydrogens is 929 g/mol. The molecular formula is C49H59ClN7O7PS2. The second-order valence-electron chi connectivity index (χ2n) is 19.1. The number of aromatic amines is 1. The minimum absolute atomic E-state index is 0.128. The van der Waals surface area contributed by atoms with Gasteiger partial charge in [0.05, 0.1) is 29.1 Å². The van der Waals surface area contributed by atoms with Crippen LogP contribution in [-0.4, -0.2) is 124 Å². The van der Waals surface area contributed by atoms with E-state index in [4.69, 9.17) is 16.3 Å². The standard InChI is InChI=1S/C49H59ClN7O7PS2/c1-49(2)15-13-38(44(29-49)35-5-8-39(50)9-6-35)32-54-17-19-56(20-18-54)40-10-12-43(46(27-40)66-41-26-37-14-16-51-47(37)52-30-41)48(58)53-67(62,63)42-11-7-36(45(28-42)57(59)60)25-34(33-64-3)31-55-21-23-65(4,61)24-22-55/h5-12,14,16,26-28,30,34H,13,15,17-25,29,31-33H2,1-4H3,(H,51,52)(H,53,58). The fraction of sp³-hybridized carbons (Fsp3) is 0.429. The number of H-pyrrole nitrogens is 1. The molecule has 356 valence electrons. The van der Waals surface area contributed by atoms with Gasteiger partial charge in [-0.1, -0.05) is 61.0 Å². The molecule has 0 saturated carbocycles. The molecule has 2 aromatic heterocycles. The topological polar surface area (TPSA) is 171 Å². The van der Waals surface area contributed by atoms with Crippen molar-refractivity contribution in [1.82, 2.24) is 24.5 Å². The van der Waals surface area contributed by atoms with Gasteiger partial charge >= 0.3 is 0 Å². The highest BCUT2D eigenvalue weighted by Crippen LogP contribution is 2.44. The number of benzene rings is 3. The molecule has 3 aromatic carbocycles. The summed E-state index contributed by atoms with van der Waals surface area (Å²) < 4.78 is 48.1. The highest BCUT2D eigenvalue weighted by Gasteiger charge is 2.32. The van der Waals surface area contributed by atoms with Crippen LogP contribution in [0.2, 0.25) is 5.02 Å². The number of nitrogens with one attached hydrogen (secondary N) is 2. The molecule has 1 amide bonds. The summed E-state index contributed by atoms with van der Waals surface area (Å²) in [6.07, 6.45) is 8.24. The van der Waals surface area contributed by atoms with E-state index in [1.165, 1.54) is 40.6 Å². The van der Waals surface area contributed by atoms with Crippen LogP contribution in [0.25, 0.3) is 16.6 Å². The number of amides is 1. The number of rotatable bonds is 16. The van der Waals surface area contributed by atoms with E-state index in [1.807, 2.05) is 43.1 Å². The molecule has 8 rings (SSSR count). The number of hydrogen-bond acceptors (Lipinski definition) is 12. The number of piperazine rings is 1. The molecule has 0 spiro atoms. The van der Waals surface area contributed by atoms with E-state index >= 15 is 0 Å². The van der Waals surface area contributed by atoms with Gasteiger partial charge in [0.25, 0.3) is 21.6 Å². The molecule has 14 nitrogen and oxygen atoms in total. The van der Waals surface area contributed by atoms with E-state index < -0.39 is 32.9 Å². The summed E-state index contributed by atoms with van der Waals surface area (Å²) in [5.74, 6) is -0.989. The number of methoxy groups -OCH3 is 1. The largest absolute Gasteiger partial charge is 0.384 e. The number of carbonyl (C=O) groups excluding carboxylic acids is 1. The van der Waals surface area contributed by atoms with E-state index in [-0.39, 0.29) is 29.0 Å². The normalized spacial score (nSPS) is 18.6. The van der Waals surface area contributed by atoms with Gasteiger partial charge in [-0.15, -0.1) is 0 Å². The lowest BCUT2D eigenvalue weighted by Crippen LogP contribution is -2.47. The van der Waals surface area contributed by atoms with Gasteiger partial charge in [-0.05, 0) is 103 Å². The number of aromatic nitrogens is 2. The van der Waals surface area contributed by atoms with Crippen molar-refractivity contribution in [2.24, 2.45) is 11.3 Å². The van der Waals surface area contributed by atoms with Crippen LogP contribution in [-0.2, 0) is 25.7 Å². The summed E-state index contributed by atoms with van der Waals surface area (Å²) in [6.45, 7) is 12.9. The Labute approximate surface area is 402 Å². The van der Waals surface area contributed by atoms with Gasteiger partial charge in [0.15, 0.2) is 0 Å². The molecule has 5 aromatic rings. The molecule has 4 heterocycles. The fourth-order valence-electron chi connectivity index (χ4n) is 9.47. The van der Waals surface area contributed by atoms with Gasteiger partial charge < -0.3 is 24.1 Å². The SMILES string of the molecule is COCC(Cc1ccc(S(=O)(=O)NC(=O)c2ccc(N3CCN(CC4=C(c5ccc(Cl)cc5)CC(C)(C)CC4)CC3)cc2Sc2cnc3[nH]ccc3c2)cc1[N+](=O)[O-])CN1CCP(C)(=O)CC1. The van der Waals surface area contributed by atoms with Crippen LogP contribution in [0, 0.1) is 21.4 Å². The number of nitro groups is 1. The molecule has 2 saturated heterocycles. The van der Waals surface area contributed by atoms with Crippen LogP contribution in [0.3, 0.4) is 0 Å². The molecule has 1 unspecified atom stereocenters. The lowest BCUT2D eigenvalue weighted by Gasteiger charge is -2.39. The van der Waals surface area contributed by atoms with Crippen molar-refractivity contribution in [2.45, 2.75) is 54.2 Å². The van der Waals surface area contributed by atoms with E-state index in [0.29, 0.717) is 49.0 Å². The first-order chi connectivity index (χ1) is 31.9. The van der Waals surface area contributed by atoms with Crippen molar-refractivity contribution in [3.05, 3.63) is 123 Å². The third kappa shape index (κ3) is 12.2. The first-order valence-electron chi connectivity index (χ1n) is 22.7. The van der Waals surface area contributed by atoms with Crippen molar-refractivity contribution in [3.63, 3.8) is 0 Å². The predicted molar refractivity (Wildman–Crippen MR) is 268 cm³/mol. The van der Waals surface area contributed by atoms with Crippen LogP contribution in [0.5, 0.6) is 0 Å². The lowest BCUT2D eigenvalue weighted by atomic mass is 9.72. The van der Waals surface area contributed by atoms with Crippen LogP contribution < -0.4 is 9.62 Å². The fourth-order valence-corrected chi connectivity index (χ4v) is 13.2. The summed E-state index contributed by atoms with van der Waals surface area (Å²) >= 11 is 7.57.